The van der Waals surface area contributed by atoms with Crippen molar-refractivity contribution in [2.75, 3.05) is 13.2 Å². The second-order valence-corrected chi connectivity index (χ2v) is 6.78. The highest BCUT2D eigenvalue weighted by Gasteiger charge is 2.29. The number of nitrogens with zero attached hydrogens (tertiary/aromatic N) is 2. The summed E-state index contributed by atoms with van der Waals surface area (Å²) >= 11 is 0. The molecule has 0 spiro atoms. The van der Waals surface area contributed by atoms with Gasteiger partial charge >= 0.3 is 0 Å². The van der Waals surface area contributed by atoms with Crippen molar-refractivity contribution in [1.82, 2.24) is 14.9 Å². The Morgan fingerprint density at radius 2 is 2.15 bits per heavy atom. The largest absolute Gasteiger partial charge is 0.379 e. The number of aromatic nitrogens is 2. The molecule has 0 radical (unpaired) electrons. The normalized spacial score (nSPS) is 19.9. The van der Waals surface area contributed by atoms with Crippen LogP contribution in [0.1, 0.15) is 22.5 Å². The third-order valence-electron chi connectivity index (χ3n) is 4.93. The van der Waals surface area contributed by atoms with Gasteiger partial charge in [-0.25, -0.2) is 0 Å². The molecule has 1 N–H and O–H groups in total. The second kappa shape index (κ2) is 7.90. The maximum atomic E-state index is 12.9. The summed E-state index contributed by atoms with van der Waals surface area (Å²) in [4.78, 5) is 17.2. The van der Waals surface area contributed by atoms with E-state index in [0.29, 0.717) is 25.4 Å². The fraction of sp³-hybridized carbons (Fsp3) is 0.333. The highest BCUT2D eigenvalue weighted by Crippen LogP contribution is 2.21. The fourth-order valence-corrected chi connectivity index (χ4v) is 3.49. The Balaban J connectivity index is 1.46. The van der Waals surface area contributed by atoms with Crippen molar-refractivity contribution in [2.24, 2.45) is 7.05 Å². The summed E-state index contributed by atoms with van der Waals surface area (Å²) in [7, 11) is 1.95. The van der Waals surface area contributed by atoms with E-state index in [4.69, 9.17) is 9.47 Å². The first kappa shape index (κ1) is 17.7. The Kier molecular flexibility index (Phi) is 5.18. The van der Waals surface area contributed by atoms with E-state index in [9.17, 15) is 4.79 Å². The number of aryl methyl sites for hydroxylation is 1. The number of carbonyl (C=O) groups is 1. The van der Waals surface area contributed by atoms with Crippen molar-refractivity contribution in [3.05, 3.63) is 66.1 Å². The van der Waals surface area contributed by atoms with Crippen molar-refractivity contribution in [3.8, 4) is 0 Å². The number of rotatable bonds is 5. The Hall–Kier alpha value is -2.70. The number of nitrogens with one attached hydrogen (secondary N) is 1. The molecule has 0 saturated carbocycles. The summed E-state index contributed by atoms with van der Waals surface area (Å²) in [6.45, 7) is 1.48. The Labute approximate surface area is 158 Å². The van der Waals surface area contributed by atoms with Gasteiger partial charge in [0.1, 0.15) is 6.10 Å². The number of carbonyl (C=O) groups excluding carboxylic acids is 1. The quantitative estimate of drug-likeness (QED) is 0.755. The van der Waals surface area contributed by atoms with Crippen molar-refractivity contribution >= 4 is 16.8 Å². The van der Waals surface area contributed by atoms with Gasteiger partial charge in [-0.15, -0.1) is 0 Å². The van der Waals surface area contributed by atoms with Gasteiger partial charge in [0.05, 0.1) is 30.5 Å². The van der Waals surface area contributed by atoms with Crippen LogP contribution in [0.15, 0.2) is 54.9 Å². The van der Waals surface area contributed by atoms with Gasteiger partial charge in [-0.3, -0.25) is 9.78 Å². The van der Waals surface area contributed by atoms with E-state index >= 15 is 0 Å². The van der Waals surface area contributed by atoms with Crippen LogP contribution in [0.4, 0.5) is 0 Å². The third kappa shape index (κ3) is 3.86. The zero-order valence-electron chi connectivity index (χ0n) is 15.3. The third-order valence-corrected chi connectivity index (χ3v) is 4.93. The Morgan fingerprint density at radius 3 is 3.00 bits per heavy atom. The van der Waals surface area contributed by atoms with Gasteiger partial charge in [-0.1, -0.05) is 24.3 Å². The summed E-state index contributed by atoms with van der Waals surface area (Å²) in [6.07, 6.45) is 4.15. The molecule has 2 aromatic heterocycles. The van der Waals surface area contributed by atoms with E-state index in [-0.39, 0.29) is 18.1 Å². The number of hydrogen-bond donors (Lipinski definition) is 1. The van der Waals surface area contributed by atoms with Crippen LogP contribution in [-0.4, -0.2) is 40.8 Å². The topological polar surface area (TPSA) is 65.4 Å². The maximum Gasteiger partial charge on any atom is 0.253 e. The molecule has 4 rings (SSSR count). The van der Waals surface area contributed by atoms with Gasteiger partial charge in [0.2, 0.25) is 0 Å². The summed E-state index contributed by atoms with van der Waals surface area (Å²) in [5.41, 5.74) is 2.59. The molecule has 140 valence electrons. The summed E-state index contributed by atoms with van der Waals surface area (Å²) in [5, 5.41) is 4.10. The Bertz CT molecular complexity index is 923. The van der Waals surface area contributed by atoms with Crippen LogP contribution in [0.2, 0.25) is 0 Å². The van der Waals surface area contributed by atoms with Gasteiger partial charge in [0.25, 0.3) is 5.91 Å². The molecule has 1 saturated heterocycles. The summed E-state index contributed by atoms with van der Waals surface area (Å²) < 4.78 is 13.5. The zero-order valence-corrected chi connectivity index (χ0v) is 15.3. The number of ether oxygens (including phenoxy) is 2. The minimum atomic E-state index is -0.195. The Morgan fingerprint density at radius 1 is 1.30 bits per heavy atom. The first-order valence-corrected chi connectivity index (χ1v) is 9.16. The number of pyridine rings is 1. The first-order valence-electron chi connectivity index (χ1n) is 9.16. The molecule has 6 heteroatoms. The average molecular weight is 365 g/mol. The van der Waals surface area contributed by atoms with E-state index in [1.54, 1.807) is 6.20 Å². The number of benzene rings is 1. The predicted octanol–water partition coefficient (Wildman–Crippen LogP) is 2.68. The molecule has 27 heavy (non-hydrogen) atoms. The van der Waals surface area contributed by atoms with Gasteiger partial charge in [-0.05, 0) is 24.6 Å². The van der Waals surface area contributed by atoms with Crippen LogP contribution in [0.5, 0.6) is 0 Å². The van der Waals surface area contributed by atoms with Crippen LogP contribution in [-0.2, 0) is 23.1 Å². The lowest BCUT2D eigenvalue weighted by atomic mass is 10.0. The molecule has 1 aliphatic heterocycles. The lowest BCUT2D eigenvalue weighted by Crippen LogP contribution is -2.49. The SMILES string of the molecule is Cn1cc(C(=O)N[C@@H]2CCOC[C@H]2OCc2ccccn2)c2ccccc21. The van der Waals surface area contributed by atoms with Crippen LogP contribution in [0.25, 0.3) is 10.9 Å². The van der Waals surface area contributed by atoms with Crippen molar-refractivity contribution in [1.29, 1.82) is 0 Å². The smallest absolute Gasteiger partial charge is 0.253 e. The summed E-state index contributed by atoms with van der Waals surface area (Å²) in [6, 6.07) is 13.6. The van der Waals surface area contributed by atoms with Gasteiger partial charge in [-0.2, -0.15) is 0 Å². The predicted molar refractivity (Wildman–Crippen MR) is 102 cm³/mol. The molecule has 6 nitrogen and oxygen atoms in total. The first-order chi connectivity index (χ1) is 13.2. The molecule has 3 aromatic rings. The average Bonchev–Trinajstić information content (AvgIpc) is 3.05. The van der Waals surface area contributed by atoms with Crippen molar-refractivity contribution < 1.29 is 14.3 Å². The van der Waals surface area contributed by atoms with Crippen LogP contribution in [0, 0.1) is 0 Å². The molecule has 1 fully saturated rings. The molecule has 0 aliphatic carbocycles. The lowest BCUT2D eigenvalue weighted by Gasteiger charge is -2.32. The van der Waals surface area contributed by atoms with E-state index < -0.39 is 0 Å². The minimum absolute atomic E-state index is 0.0786. The van der Waals surface area contributed by atoms with E-state index in [1.165, 1.54) is 0 Å². The van der Waals surface area contributed by atoms with Crippen LogP contribution >= 0.6 is 0 Å². The molecular weight excluding hydrogens is 342 g/mol. The molecule has 1 aromatic carbocycles. The molecule has 3 heterocycles. The molecular formula is C21H23N3O3. The van der Waals surface area contributed by atoms with Crippen LogP contribution in [0.3, 0.4) is 0 Å². The monoisotopic (exact) mass is 365 g/mol. The minimum Gasteiger partial charge on any atom is -0.379 e. The van der Waals surface area contributed by atoms with Crippen LogP contribution < -0.4 is 5.32 Å². The number of fused-ring (bicyclic) bond motifs is 1. The van der Waals surface area contributed by atoms with E-state index in [0.717, 1.165) is 23.0 Å². The number of hydrogen-bond acceptors (Lipinski definition) is 4. The second-order valence-electron chi connectivity index (χ2n) is 6.78. The van der Waals surface area contributed by atoms with Gasteiger partial charge < -0.3 is 19.4 Å². The zero-order chi connectivity index (χ0) is 18.6. The number of amides is 1. The lowest BCUT2D eigenvalue weighted by molar-refractivity contribution is -0.0743. The number of para-hydroxylation sites is 1. The standard InChI is InChI=1S/C21H23N3O3/c1-24-12-17(16-7-2-3-8-19(16)24)21(25)23-18-9-11-26-14-20(18)27-13-15-6-4-5-10-22-15/h2-8,10,12,18,20H,9,11,13-14H2,1H3,(H,23,25)/t18-,20-/m1/s1. The fourth-order valence-electron chi connectivity index (χ4n) is 3.49. The highest BCUT2D eigenvalue weighted by molar-refractivity contribution is 6.07. The molecule has 2 atom stereocenters. The molecule has 1 amide bonds. The molecule has 0 unspecified atom stereocenters. The van der Waals surface area contributed by atoms with E-state index in [2.05, 4.69) is 10.3 Å². The van der Waals surface area contributed by atoms with Crippen molar-refractivity contribution in [2.45, 2.75) is 25.2 Å². The van der Waals surface area contributed by atoms with Gasteiger partial charge in [0.15, 0.2) is 0 Å². The summed E-state index contributed by atoms with van der Waals surface area (Å²) in [5.74, 6) is -0.0786. The highest BCUT2D eigenvalue weighted by atomic mass is 16.5. The van der Waals surface area contributed by atoms with Crippen molar-refractivity contribution in [3.63, 3.8) is 0 Å². The van der Waals surface area contributed by atoms with E-state index in [1.807, 2.05) is 60.3 Å². The molecule has 1 aliphatic rings. The molecule has 0 bridgehead atoms. The maximum absolute atomic E-state index is 12.9. The van der Waals surface area contributed by atoms with Gasteiger partial charge in [0, 0.05) is 37.0 Å².